The molecule has 1 aromatic carbocycles. The van der Waals surface area contributed by atoms with Gasteiger partial charge in [0.1, 0.15) is 0 Å². The fourth-order valence-electron chi connectivity index (χ4n) is 4.87. The highest BCUT2D eigenvalue weighted by molar-refractivity contribution is 6.31. The fourth-order valence-corrected chi connectivity index (χ4v) is 5.07. The minimum Gasteiger partial charge on any atom is -0.481 e. The standard InChI is InChI=1S/C21H25ClN2O3/c22-17-4-2-1-3-16(17)13-23-9-11-24(12-10-23)20(25)18-14-5-7-15(8-6-14)19(18)21(26)27/h1-5,7,14-15,18-19H,6,8-13H2,(H,26,27). The molecule has 1 aliphatic heterocycles. The van der Waals surface area contributed by atoms with Crippen molar-refractivity contribution in [2.75, 3.05) is 26.2 Å². The molecule has 4 aliphatic rings. The second-order valence-electron chi connectivity index (χ2n) is 7.87. The molecule has 2 fully saturated rings. The molecule has 4 atom stereocenters. The molecule has 1 N–H and O–H groups in total. The predicted molar refractivity (Wildman–Crippen MR) is 103 cm³/mol. The number of benzene rings is 1. The minimum absolute atomic E-state index is 0.00274. The van der Waals surface area contributed by atoms with Gasteiger partial charge in [0.05, 0.1) is 11.8 Å². The SMILES string of the molecule is O=C(O)C1C2C=CC(CC2)C1C(=O)N1CCN(Cc2ccccc2Cl)CC1. The summed E-state index contributed by atoms with van der Waals surface area (Å²) in [6, 6.07) is 7.84. The number of aliphatic carboxylic acids is 1. The van der Waals surface area contributed by atoms with Crippen LogP contribution in [0.3, 0.4) is 0 Å². The van der Waals surface area contributed by atoms with Gasteiger partial charge in [0.25, 0.3) is 0 Å². The van der Waals surface area contributed by atoms with Gasteiger partial charge in [-0.15, -0.1) is 0 Å². The maximum atomic E-state index is 13.2. The largest absolute Gasteiger partial charge is 0.481 e. The predicted octanol–water partition coefficient (Wildman–Crippen LogP) is 2.90. The molecule has 0 aromatic heterocycles. The first-order chi connectivity index (χ1) is 13.0. The topological polar surface area (TPSA) is 60.9 Å². The summed E-state index contributed by atoms with van der Waals surface area (Å²) >= 11 is 6.25. The third kappa shape index (κ3) is 3.63. The van der Waals surface area contributed by atoms with E-state index in [-0.39, 0.29) is 17.7 Å². The number of fused-ring (bicyclic) bond motifs is 2. The summed E-state index contributed by atoms with van der Waals surface area (Å²) in [4.78, 5) is 29.1. The van der Waals surface area contributed by atoms with E-state index in [4.69, 9.17) is 11.6 Å². The molecule has 0 spiro atoms. The maximum Gasteiger partial charge on any atom is 0.307 e. The molecule has 1 heterocycles. The Balaban J connectivity index is 1.39. The zero-order valence-corrected chi connectivity index (χ0v) is 16.0. The summed E-state index contributed by atoms with van der Waals surface area (Å²) in [5.74, 6) is -1.69. The first-order valence-corrected chi connectivity index (χ1v) is 10.1. The number of amides is 1. The number of carboxylic acids is 1. The molecule has 27 heavy (non-hydrogen) atoms. The Morgan fingerprint density at radius 3 is 2.22 bits per heavy atom. The Labute approximate surface area is 164 Å². The minimum atomic E-state index is -0.829. The van der Waals surface area contributed by atoms with Crippen LogP contribution in [0.15, 0.2) is 36.4 Å². The zero-order chi connectivity index (χ0) is 19.0. The van der Waals surface area contributed by atoms with Gasteiger partial charge in [-0.2, -0.15) is 0 Å². The molecule has 3 aliphatic carbocycles. The first-order valence-electron chi connectivity index (χ1n) is 9.70. The second-order valence-corrected chi connectivity index (χ2v) is 8.28. The second kappa shape index (κ2) is 7.64. The average molecular weight is 389 g/mol. The van der Waals surface area contributed by atoms with Gasteiger partial charge >= 0.3 is 5.97 Å². The number of nitrogens with zero attached hydrogens (tertiary/aromatic N) is 2. The average Bonchev–Trinajstić information content (AvgIpc) is 2.70. The van der Waals surface area contributed by atoms with Crippen LogP contribution >= 0.6 is 11.6 Å². The summed E-state index contributed by atoms with van der Waals surface area (Å²) in [6.45, 7) is 3.63. The third-order valence-electron chi connectivity index (χ3n) is 6.35. The van der Waals surface area contributed by atoms with E-state index in [2.05, 4.69) is 11.0 Å². The van der Waals surface area contributed by atoms with E-state index in [1.807, 2.05) is 35.2 Å². The van der Waals surface area contributed by atoms with E-state index in [0.29, 0.717) is 13.1 Å². The number of carbonyl (C=O) groups excluding carboxylic acids is 1. The van der Waals surface area contributed by atoms with Gasteiger partial charge in [0.2, 0.25) is 5.91 Å². The molecular weight excluding hydrogens is 364 g/mol. The summed E-state index contributed by atoms with van der Waals surface area (Å²) in [5, 5.41) is 10.5. The van der Waals surface area contributed by atoms with Crippen LogP contribution < -0.4 is 0 Å². The monoisotopic (exact) mass is 388 g/mol. The molecule has 144 valence electrons. The van der Waals surface area contributed by atoms with Gasteiger partial charge in [-0.25, -0.2) is 0 Å². The van der Waals surface area contributed by atoms with Crippen LogP contribution in [0.1, 0.15) is 18.4 Å². The van der Waals surface area contributed by atoms with Crippen molar-refractivity contribution in [3.8, 4) is 0 Å². The molecular formula is C21H25ClN2O3. The van der Waals surface area contributed by atoms with E-state index in [9.17, 15) is 14.7 Å². The first kappa shape index (κ1) is 18.5. The van der Waals surface area contributed by atoms with Crippen molar-refractivity contribution in [3.63, 3.8) is 0 Å². The highest BCUT2D eigenvalue weighted by Gasteiger charge is 2.49. The van der Waals surface area contributed by atoms with Crippen LogP contribution in [-0.4, -0.2) is 53.0 Å². The fraction of sp³-hybridized carbons (Fsp3) is 0.524. The van der Waals surface area contributed by atoms with Gasteiger partial charge < -0.3 is 10.0 Å². The number of hydrogen-bond donors (Lipinski definition) is 1. The van der Waals surface area contributed by atoms with E-state index in [1.165, 1.54) is 0 Å². The third-order valence-corrected chi connectivity index (χ3v) is 6.72. The van der Waals surface area contributed by atoms with Crippen molar-refractivity contribution in [1.29, 1.82) is 0 Å². The Kier molecular flexibility index (Phi) is 5.24. The lowest BCUT2D eigenvalue weighted by molar-refractivity contribution is -0.157. The zero-order valence-electron chi connectivity index (χ0n) is 15.3. The molecule has 5 nitrogen and oxygen atoms in total. The molecule has 5 rings (SSSR count). The van der Waals surface area contributed by atoms with Gasteiger partial charge in [-0.05, 0) is 36.3 Å². The lowest BCUT2D eigenvalue weighted by Gasteiger charge is -2.45. The maximum absolute atomic E-state index is 13.2. The number of piperazine rings is 1. The highest BCUT2D eigenvalue weighted by Crippen LogP contribution is 2.45. The van der Waals surface area contributed by atoms with E-state index < -0.39 is 17.8 Å². The lowest BCUT2D eigenvalue weighted by atomic mass is 9.62. The molecule has 1 aromatic rings. The van der Waals surface area contributed by atoms with Crippen molar-refractivity contribution in [3.05, 3.63) is 47.0 Å². The van der Waals surface area contributed by atoms with Crippen LogP contribution in [0.4, 0.5) is 0 Å². The van der Waals surface area contributed by atoms with E-state index in [1.54, 1.807) is 0 Å². The number of hydrogen-bond acceptors (Lipinski definition) is 3. The number of halogens is 1. The van der Waals surface area contributed by atoms with Crippen LogP contribution in [0.2, 0.25) is 5.02 Å². The van der Waals surface area contributed by atoms with Crippen molar-refractivity contribution in [2.24, 2.45) is 23.7 Å². The quantitative estimate of drug-likeness (QED) is 0.806. The molecule has 1 saturated heterocycles. The number of carbonyl (C=O) groups is 2. The van der Waals surface area contributed by atoms with Crippen molar-refractivity contribution in [2.45, 2.75) is 19.4 Å². The van der Waals surface area contributed by atoms with Crippen LogP contribution in [0.25, 0.3) is 0 Å². The summed E-state index contributed by atoms with van der Waals surface area (Å²) in [6.07, 6.45) is 5.89. The van der Waals surface area contributed by atoms with Crippen molar-refractivity contribution < 1.29 is 14.7 Å². The highest BCUT2D eigenvalue weighted by atomic mass is 35.5. The van der Waals surface area contributed by atoms with E-state index in [0.717, 1.165) is 43.1 Å². The molecule has 1 amide bonds. The smallest absolute Gasteiger partial charge is 0.307 e. The molecule has 6 heteroatoms. The van der Waals surface area contributed by atoms with Gasteiger partial charge in [-0.1, -0.05) is 42.0 Å². The molecule has 0 radical (unpaired) electrons. The summed E-state index contributed by atoms with van der Waals surface area (Å²) in [7, 11) is 0. The van der Waals surface area contributed by atoms with Crippen molar-refractivity contribution >= 4 is 23.5 Å². The lowest BCUT2D eigenvalue weighted by Crippen LogP contribution is -2.55. The Bertz CT molecular complexity index is 758. The van der Waals surface area contributed by atoms with Crippen molar-refractivity contribution in [1.82, 2.24) is 9.80 Å². The summed E-state index contributed by atoms with van der Waals surface area (Å²) < 4.78 is 0. The number of allylic oxidation sites excluding steroid dienone is 2. The molecule has 1 saturated carbocycles. The van der Waals surface area contributed by atoms with Crippen LogP contribution in [0, 0.1) is 23.7 Å². The normalized spacial score (nSPS) is 30.5. The van der Waals surface area contributed by atoms with Gasteiger partial charge in [-0.3, -0.25) is 14.5 Å². The number of carboxylic acid groups (broad SMARTS) is 1. The van der Waals surface area contributed by atoms with Crippen LogP contribution in [-0.2, 0) is 16.1 Å². The molecule has 4 unspecified atom stereocenters. The van der Waals surface area contributed by atoms with Gasteiger partial charge in [0, 0.05) is 37.7 Å². The Morgan fingerprint density at radius 2 is 1.63 bits per heavy atom. The van der Waals surface area contributed by atoms with E-state index >= 15 is 0 Å². The number of rotatable bonds is 4. The Hall–Kier alpha value is -1.85. The summed E-state index contributed by atoms with van der Waals surface area (Å²) in [5.41, 5.74) is 1.10. The van der Waals surface area contributed by atoms with Crippen LogP contribution in [0.5, 0.6) is 0 Å². The molecule has 2 bridgehead atoms. The van der Waals surface area contributed by atoms with Gasteiger partial charge in [0.15, 0.2) is 0 Å². The Morgan fingerprint density at radius 1 is 1.00 bits per heavy atom.